The quantitative estimate of drug-likeness (QED) is 0.263. The number of rotatable bonds is 7. The van der Waals surface area contributed by atoms with Gasteiger partial charge in [0.2, 0.25) is 0 Å². The molecule has 2 heterocycles. The molecule has 0 saturated carbocycles. The number of aliphatic hydroxyl groups is 2. The highest BCUT2D eigenvalue weighted by molar-refractivity contribution is 5.81. The van der Waals surface area contributed by atoms with E-state index >= 15 is 0 Å². The van der Waals surface area contributed by atoms with Crippen LogP contribution in [0.1, 0.15) is 64.2 Å². The van der Waals surface area contributed by atoms with Gasteiger partial charge in [0.25, 0.3) is 0 Å². The van der Waals surface area contributed by atoms with Crippen molar-refractivity contribution in [1.82, 2.24) is 4.90 Å². The minimum absolute atomic E-state index is 0.154. The molecule has 234 valence electrons. The first-order chi connectivity index (χ1) is 20.1. The Morgan fingerprint density at radius 1 is 1.14 bits per heavy atom. The molecule has 1 aromatic carbocycles. The van der Waals surface area contributed by atoms with Gasteiger partial charge in [0.15, 0.2) is 12.2 Å². The average Bonchev–Trinajstić information content (AvgIpc) is 3.26. The number of ether oxygens (including phenoxy) is 6. The van der Waals surface area contributed by atoms with Crippen LogP contribution in [0, 0.1) is 0 Å². The summed E-state index contributed by atoms with van der Waals surface area (Å²) in [5.41, 5.74) is -0.687. The summed E-state index contributed by atoms with van der Waals surface area (Å²) in [4.78, 5) is 51.5. The van der Waals surface area contributed by atoms with E-state index in [-0.39, 0.29) is 24.8 Å². The minimum atomic E-state index is -2.05. The molecule has 6 atom stereocenters. The molecule has 1 spiro atoms. The summed E-state index contributed by atoms with van der Waals surface area (Å²) in [5, 5.41) is 22.3. The van der Waals surface area contributed by atoms with Gasteiger partial charge in [-0.2, -0.15) is 0 Å². The van der Waals surface area contributed by atoms with Crippen molar-refractivity contribution in [2.45, 2.75) is 102 Å². The first-order valence-corrected chi connectivity index (χ1v) is 14.2. The largest absolute Gasteiger partial charge is 0.512 e. The molecular formula is C30H37NO12. The third kappa shape index (κ3) is 5.12. The van der Waals surface area contributed by atoms with Crippen LogP contribution in [-0.2, 0) is 56.5 Å². The molecule has 0 radical (unpaired) electrons. The SMILES string of the molecule is CC(=O)O[C@@H](OC(=O)O[C@@H](C)C(=O)OC1=CC[C@@]2(O)[C@H]3Cc4ccc(CO)c5c4[C@@]2(CCN3C)[C@H]1O5)C(=O)OC(C)(C)C. The maximum Gasteiger partial charge on any atom is 0.512 e. The zero-order chi connectivity index (χ0) is 31.5. The third-order valence-corrected chi connectivity index (χ3v) is 8.52. The van der Waals surface area contributed by atoms with Crippen molar-refractivity contribution < 1.29 is 57.8 Å². The Morgan fingerprint density at radius 2 is 1.86 bits per heavy atom. The molecule has 13 nitrogen and oxygen atoms in total. The van der Waals surface area contributed by atoms with E-state index in [9.17, 15) is 29.4 Å². The molecule has 2 N–H and O–H groups in total. The summed E-state index contributed by atoms with van der Waals surface area (Å²) in [5.74, 6) is -2.38. The Balaban J connectivity index is 1.34. The van der Waals surface area contributed by atoms with Crippen molar-refractivity contribution >= 4 is 24.1 Å². The predicted octanol–water partition coefficient (Wildman–Crippen LogP) is 1.77. The van der Waals surface area contributed by atoms with Gasteiger partial charge < -0.3 is 43.5 Å². The van der Waals surface area contributed by atoms with Crippen molar-refractivity contribution in [1.29, 1.82) is 0 Å². The maximum absolute atomic E-state index is 13.1. The van der Waals surface area contributed by atoms with Crippen LogP contribution in [0.15, 0.2) is 24.0 Å². The number of piperidine rings is 1. The summed E-state index contributed by atoms with van der Waals surface area (Å²) >= 11 is 0. The Morgan fingerprint density at radius 3 is 2.51 bits per heavy atom. The normalized spacial score (nSPS) is 28.3. The highest BCUT2D eigenvalue weighted by Gasteiger charge is 2.72. The van der Waals surface area contributed by atoms with E-state index in [1.54, 1.807) is 32.9 Å². The average molecular weight is 604 g/mol. The van der Waals surface area contributed by atoms with Gasteiger partial charge >= 0.3 is 30.4 Å². The highest BCUT2D eigenvalue weighted by Crippen LogP contribution is 2.64. The lowest BCUT2D eigenvalue weighted by Gasteiger charge is -2.61. The Labute approximate surface area is 248 Å². The van der Waals surface area contributed by atoms with E-state index in [0.717, 1.165) is 18.1 Å². The van der Waals surface area contributed by atoms with Crippen LogP contribution in [0.25, 0.3) is 0 Å². The molecule has 1 saturated heterocycles. The number of carbonyl (C=O) groups is 4. The van der Waals surface area contributed by atoms with Crippen molar-refractivity contribution in [2.24, 2.45) is 0 Å². The first kappa shape index (κ1) is 30.8. The number of likely N-dealkylation sites (tertiary alicyclic amines) is 1. The smallest absolute Gasteiger partial charge is 0.481 e. The Kier molecular flexibility index (Phi) is 7.72. The van der Waals surface area contributed by atoms with Crippen LogP contribution in [0.2, 0.25) is 0 Å². The molecule has 43 heavy (non-hydrogen) atoms. The maximum atomic E-state index is 13.1. The number of benzene rings is 1. The van der Waals surface area contributed by atoms with E-state index < -0.39 is 59.2 Å². The monoisotopic (exact) mass is 603 g/mol. The van der Waals surface area contributed by atoms with Gasteiger partial charge in [-0.3, -0.25) is 4.79 Å². The van der Waals surface area contributed by atoms with E-state index in [1.807, 2.05) is 13.1 Å². The molecular weight excluding hydrogens is 566 g/mol. The summed E-state index contributed by atoms with van der Waals surface area (Å²) in [6.45, 7) is 7.38. The van der Waals surface area contributed by atoms with E-state index in [0.29, 0.717) is 30.7 Å². The van der Waals surface area contributed by atoms with E-state index in [1.165, 1.54) is 6.92 Å². The lowest BCUT2D eigenvalue weighted by atomic mass is 9.50. The van der Waals surface area contributed by atoms with Gasteiger partial charge in [-0.05, 0) is 65.8 Å². The lowest BCUT2D eigenvalue weighted by Crippen LogP contribution is -2.74. The zero-order valence-electron chi connectivity index (χ0n) is 25.0. The van der Waals surface area contributed by atoms with Gasteiger partial charge in [0.1, 0.15) is 17.1 Å². The van der Waals surface area contributed by atoms with E-state index in [4.69, 9.17) is 28.4 Å². The van der Waals surface area contributed by atoms with Gasteiger partial charge in [-0.1, -0.05) is 12.1 Å². The van der Waals surface area contributed by atoms with Crippen LogP contribution in [0.3, 0.4) is 0 Å². The van der Waals surface area contributed by atoms with Crippen molar-refractivity contribution in [3.63, 3.8) is 0 Å². The van der Waals surface area contributed by atoms with Gasteiger partial charge in [0.05, 0.1) is 17.6 Å². The van der Waals surface area contributed by atoms with E-state index in [2.05, 4.69) is 4.90 Å². The molecule has 2 aliphatic heterocycles. The van der Waals surface area contributed by atoms with Crippen molar-refractivity contribution in [3.05, 3.63) is 40.7 Å². The van der Waals surface area contributed by atoms with Crippen molar-refractivity contribution in [2.75, 3.05) is 13.6 Å². The summed E-state index contributed by atoms with van der Waals surface area (Å²) in [7, 11) is 1.97. The van der Waals surface area contributed by atoms with Crippen molar-refractivity contribution in [3.8, 4) is 5.75 Å². The highest BCUT2D eigenvalue weighted by atomic mass is 16.8. The van der Waals surface area contributed by atoms with Crippen LogP contribution < -0.4 is 4.74 Å². The summed E-state index contributed by atoms with van der Waals surface area (Å²) < 4.78 is 31.9. The lowest BCUT2D eigenvalue weighted by molar-refractivity contribution is -0.201. The van der Waals surface area contributed by atoms with Crippen LogP contribution in [0.5, 0.6) is 5.75 Å². The Bertz CT molecular complexity index is 1380. The Hall–Kier alpha value is -3.68. The molecule has 5 rings (SSSR count). The molecule has 1 aromatic rings. The molecule has 2 bridgehead atoms. The molecule has 0 unspecified atom stereocenters. The molecule has 1 fully saturated rings. The fraction of sp³-hybridized carbons (Fsp3) is 0.600. The number of nitrogens with zero attached hydrogens (tertiary/aromatic N) is 1. The fourth-order valence-electron chi connectivity index (χ4n) is 6.76. The van der Waals surface area contributed by atoms with Crippen LogP contribution in [-0.4, -0.2) is 88.5 Å². The molecule has 4 aliphatic rings. The summed E-state index contributed by atoms with van der Waals surface area (Å²) in [6, 6.07) is 3.56. The van der Waals surface area contributed by atoms with Gasteiger partial charge in [-0.25, -0.2) is 14.4 Å². The second-order valence-electron chi connectivity index (χ2n) is 12.4. The molecule has 13 heteroatoms. The molecule has 0 aromatic heterocycles. The summed E-state index contributed by atoms with van der Waals surface area (Å²) in [6.07, 6.45) is -2.97. The zero-order valence-corrected chi connectivity index (χ0v) is 25.0. The number of hydrogen-bond acceptors (Lipinski definition) is 13. The third-order valence-electron chi connectivity index (χ3n) is 8.52. The van der Waals surface area contributed by atoms with Gasteiger partial charge in [0, 0.05) is 30.5 Å². The standard InChI is InChI=1S/C30H37NO12/c1-15(38-27(36)42-26(39-16(2)33)25(35)43-28(3,4)5)24(34)40-19-9-10-30(37)20-13-17-7-8-18(14-32)22-21(17)29(30,23(19)41-22)11-12-31(20)6/h7-9,15,20,23,26,32,37H,10-14H2,1-6H3/t15-,20+,23-,26-,29-,30+/m0/s1. The van der Waals surface area contributed by atoms with Gasteiger partial charge in [-0.15, -0.1) is 0 Å². The number of hydrogen-bond donors (Lipinski definition) is 2. The second kappa shape index (κ2) is 10.8. The second-order valence-corrected chi connectivity index (χ2v) is 12.4. The molecule has 2 aliphatic carbocycles. The topological polar surface area (TPSA) is 167 Å². The fourth-order valence-corrected chi connectivity index (χ4v) is 6.76. The number of esters is 3. The minimum Gasteiger partial charge on any atom is -0.481 e. The number of carbonyl (C=O) groups excluding carboxylic acids is 4. The van der Waals surface area contributed by atoms with Crippen LogP contribution in [0.4, 0.5) is 4.79 Å². The molecule has 0 amide bonds. The number of aliphatic hydroxyl groups excluding tert-OH is 1. The first-order valence-electron chi connectivity index (χ1n) is 14.2. The predicted molar refractivity (Wildman–Crippen MR) is 145 cm³/mol. The number of likely N-dealkylation sites (N-methyl/N-ethyl adjacent to an activating group) is 1. The van der Waals surface area contributed by atoms with Crippen LogP contribution >= 0.6 is 0 Å².